The van der Waals surface area contributed by atoms with E-state index in [4.69, 9.17) is 9.47 Å². The van der Waals surface area contributed by atoms with Crippen LogP contribution >= 0.6 is 0 Å². The summed E-state index contributed by atoms with van der Waals surface area (Å²) in [5, 5.41) is 15.5. The standard InChI is InChI=1S/C20H18N6O2/c1-27-14-8-9-17(28-2)16(11-14)23-18-12-22-26-20(25-18)24-15-7-3-5-13-6-4-10-21-19(13)15/h3-12H,1-2H3,(H2,23,24,25,26). The monoisotopic (exact) mass is 374 g/mol. The van der Waals surface area contributed by atoms with Gasteiger partial charge in [0, 0.05) is 17.6 Å². The SMILES string of the molecule is COc1ccc(OC)c(Nc2cnnc(Nc3cccc4cccnc34)n2)c1. The average Bonchev–Trinajstić information content (AvgIpc) is 2.74. The number of hydrogen-bond acceptors (Lipinski definition) is 8. The molecule has 0 saturated heterocycles. The molecule has 0 radical (unpaired) electrons. The molecule has 2 aromatic heterocycles. The maximum absolute atomic E-state index is 5.39. The van der Waals surface area contributed by atoms with Crippen LogP contribution in [-0.4, -0.2) is 34.4 Å². The molecule has 0 atom stereocenters. The van der Waals surface area contributed by atoms with Gasteiger partial charge in [-0.15, -0.1) is 5.10 Å². The smallest absolute Gasteiger partial charge is 0.249 e. The summed E-state index contributed by atoms with van der Waals surface area (Å²) in [6.07, 6.45) is 3.28. The molecule has 0 bridgehead atoms. The van der Waals surface area contributed by atoms with Crippen molar-refractivity contribution in [3.63, 3.8) is 0 Å². The number of nitrogens with one attached hydrogen (secondary N) is 2. The number of methoxy groups -OCH3 is 2. The quantitative estimate of drug-likeness (QED) is 0.524. The summed E-state index contributed by atoms with van der Waals surface area (Å²) in [6, 6.07) is 15.2. The van der Waals surface area contributed by atoms with Gasteiger partial charge in [0.25, 0.3) is 0 Å². The molecule has 4 rings (SSSR count). The Morgan fingerprint density at radius 2 is 1.79 bits per heavy atom. The average molecular weight is 374 g/mol. The summed E-state index contributed by atoms with van der Waals surface area (Å²) in [5.41, 5.74) is 2.34. The van der Waals surface area contributed by atoms with Gasteiger partial charge in [0.15, 0.2) is 5.82 Å². The van der Waals surface area contributed by atoms with Crippen LogP contribution in [0.3, 0.4) is 0 Å². The van der Waals surface area contributed by atoms with Gasteiger partial charge < -0.3 is 20.1 Å². The molecule has 2 heterocycles. The third kappa shape index (κ3) is 3.61. The highest BCUT2D eigenvalue weighted by Crippen LogP contribution is 2.31. The lowest BCUT2D eigenvalue weighted by Crippen LogP contribution is -2.04. The lowest BCUT2D eigenvalue weighted by atomic mass is 10.2. The summed E-state index contributed by atoms with van der Waals surface area (Å²) in [6.45, 7) is 0. The topological polar surface area (TPSA) is 94.1 Å². The summed E-state index contributed by atoms with van der Waals surface area (Å²) < 4.78 is 10.7. The Morgan fingerprint density at radius 3 is 2.64 bits per heavy atom. The molecule has 0 fully saturated rings. The van der Waals surface area contributed by atoms with Crippen LogP contribution in [0.2, 0.25) is 0 Å². The summed E-state index contributed by atoms with van der Waals surface area (Å²) >= 11 is 0. The molecular weight excluding hydrogens is 356 g/mol. The van der Waals surface area contributed by atoms with Crippen LogP contribution in [0, 0.1) is 0 Å². The third-order valence-corrected chi connectivity index (χ3v) is 4.11. The molecule has 4 aromatic rings. The molecule has 2 aromatic carbocycles. The van der Waals surface area contributed by atoms with Gasteiger partial charge in [0.1, 0.15) is 11.5 Å². The van der Waals surface area contributed by atoms with Crippen molar-refractivity contribution < 1.29 is 9.47 Å². The molecule has 0 aliphatic carbocycles. The number of pyridine rings is 1. The second kappa shape index (κ2) is 7.75. The molecule has 0 aliphatic rings. The first-order valence-electron chi connectivity index (χ1n) is 8.56. The maximum Gasteiger partial charge on any atom is 0.249 e. The Morgan fingerprint density at radius 1 is 0.893 bits per heavy atom. The second-order valence-electron chi connectivity index (χ2n) is 5.86. The molecule has 0 unspecified atom stereocenters. The van der Waals surface area contributed by atoms with Gasteiger partial charge in [-0.25, -0.2) is 0 Å². The zero-order valence-corrected chi connectivity index (χ0v) is 15.4. The lowest BCUT2D eigenvalue weighted by molar-refractivity contribution is 0.405. The molecule has 140 valence electrons. The van der Waals surface area contributed by atoms with Crippen molar-refractivity contribution in [3.8, 4) is 11.5 Å². The number of fused-ring (bicyclic) bond motifs is 1. The highest BCUT2D eigenvalue weighted by molar-refractivity contribution is 5.91. The first-order chi connectivity index (χ1) is 13.8. The van der Waals surface area contributed by atoms with Crippen LogP contribution in [0.15, 0.2) is 60.9 Å². The van der Waals surface area contributed by atoms with E-state index in [2.05, 4.69) is 30.8 Å². The minimum Gasteiger partial charge on any atom is -0.497 e. The molecule has 8 nitrogen and oxygen atoms in total. The van der Waals surface area contributed by atoms with Crippen molar-refractivity contribution in [2.24, 2.45) is 0 Å². The number of hydrogen-bond donors (Lipinski definition) is 2. The number of benzene rings is 2. The number of nitrogens with zero attached hydrogens (tertiary/aromatic N) is 4. The number of rotatable bonds is 6. The van der Waals surface area contributed by atoms with E-state index >= 15 is 0 Å². The third-order valence-electron chi connectivity index (χ3n) is 4.11. The Labute approximate surface area is 161 Å². The van der Waals surface area contributed by atoms with Gasteiger partial charge in [-0.1, -0.05) is 18.2 Å². The highest BCUT2D eigenvalue weighted by Gasteiger charge is 2.09. The Kier molecular flexibility index (Phi) is 4.83. The van der Waals surface area contributed by atoms with Crippen molar-refractivity contribution in [1.29, 1.82) is 0 Å². The second-order valence-corrected chi connectivity index (χ2v) is 5.86. The van der Waals surface area contributed by atoms with E-state index in [1.165, 1.54) is 6.20 Å². The minimum absolute atomic E-state index is 0.352. The van der Waals surface area contributed by atoms with Crippen LogP contribution in [0.25, 0.3) is 10.9 Å². The van der Waals surface area contributed by atoms with Gasteiger partial charge in [0.2, 0.25) is 5.95 Å². The summed E-state index contributed by atoms with van der Waals surface area (Å²) in [4.78, 5) is 8.91. The van der Waals surface area contributed by atoms with Crippen LogP contribution in [-0.2, 0) is 0 Å². The first kappa shape index (κ1) is 17.5. The number of anilines is 4. The predicted molar refractivity (Wildman–Crippen MR) is 108 cm³/mol. The lowest BCUT2D eigenvalue weighted by Gasteiger charge is -2.12. The van der Waals surface area contributed by atoms with E-state index in [-0.39, 0.29) is 0 Å². The van der Waals surface area contributed by atoms with Gasteiger partial charge in [-0.05, 0) is 24.3 Å². The molecule has 0 amide bonds. The van der Waals surface area contributed by atoms with Crippen molar-refractivity contribution in [2.75, 3.05) is 24.9 Å². The van der Waals surface area contributed by atoms with Crippen molar-refractivity contribution in [1.82, 2.24) is 20.2 Å². The summed E-state index contributed by atoms with van der Waals surface area (Å²) in [5.74, 6) is 2.22. The fraction of sp³-hybridized carbons (Fsp3) is 0.100. The number of ether oxygens (including phenoxy) is 2. The Bertz CT molecular complexity index is 1110. The zero-order chi connectivity index (χ0) is 19.3. The van der Waals surface area contributed by atoms with Gasteiger partial charge in [-0.3, -0.25) is 4.98 Å². The molecular formula is C20H18N6O2. The minimum atomic E-state index is 0.352. The first-order valence-corrected chi connectivity index (χ1v) is 8.56. The Balaban J connectivity index is 1.62. The zero-order valence-electron chi connectivity index (χ0n) is 15.4. The van der Waals surface area contributed by atoms with Crippen LogP contribution in [0.1, 0.15) is 0 Å². The van der Waals surface area contributed by atoms with Crippen molar-refractivity contribution in [3.05, 3.63) is 60.9 Å². The predicted octanol–water partition coefficient (Wildman–Crippen LogP) is 3.92. The molecule has 28 heavy (non-hydrogen) atoms. The normalized spacial score (nSPS) is 10.5. The molecule has 8 heteroatoms. The fourth-order valence-electron chi connectivity index (χ4n) is 2.79. The molecule has 0 spiro atoms. The largest absolute Gasteiger partial charge is 0.497 e. The van der Waals surface area contributed by atoms with Crippen LogP contribution < -0.4 is 20.1 Å². The number of para-hydroxylation sites is 1. The van der Waals surface area contributed by atoms with E-state index in [9.17, 15) is 0 Å². The molecule has 0 saturated carbocycles. The number of aromatic nitrogens is 4. The summed E-state index contributed by atoms with van der Waals surface area (Å²) in [7, 11) is 3.21. The van der Waals surface area contributed by atoms with E-state index < -0.39 is 0 Å². The van der Waals surface area contributed by atoms with E-state index in [0.717, 1.165) is 16.6 Å². The maximum atomic E-state index is 5.39. The van der Waals surface area contributed by atoms with Crippen molar-refractivity contribution >= 4 is 34.0 Å². The van der Waals surface area contributed by atoms with E-state index in [0.29, 0.717) is 29.0 Å². The highest BCUT2D eigenvalue weighted by atomic mass is 16.5. The fourth-order valence-corrected chi connectivity index (χ4v) is 2.79. The van der Waals surface area contributed by atoms with Crippen LogP contribution in [0.5, 0.6) is 11.5 Å². The van der Waals surface area contributed by atoms with Crippen molar-refractivity contribution in [2.45, 2.75) is 0 Å². The Hall–Kier alpha value is -3.94. The van der Waals surface area contributed by atoms with E-state index in [1.807, 2.05) is 48.5 Å². The van der Waals surface area contributed by atoms with Crippen LogP contribution in [0.4, 0.5) is 23.1 Å². The van der Waals surface area contributed by atoms with Gasteiger partial charge >= 0.3 is 0 Å². The van der Waals surface area contributed by atoms with Gasteiger partial charge in [-0.2, -0.15) is 10.1 Å². The molecule has 0 aliphatic heterocycles. The van der Waals surface area contributed by atoms with E-state index in [1.54, 1.807) is 20.4 Å². The molecule has 2 N–H and O–H groups in total. The van der Waals surface area contributed by atoms with Gasteiger partial charge in [0.05, 0.1) is 37.3 Å².